The predicted molar refractivity (Wildman–Crippen MR) is 124 cm³/mol. The summed E-state index contributed by atoms with van der Waals surface area (Å²) >= 11 is 0. The van der Waals surface area contributed by atoms with Crippen molar-refractivity contribution in [3.63, 3.8) is 0 Å². The molecular formula is C21H35IN4O. The summed E-state index contributed by atoms with van der Waals surface area (Å²) in [5, 5.41) is 9.51. The van der Waals surface area contributed by atoms with Crippen molar-refractivity contribution < 1.29 is 4.79 Å². The van der Waals surface area contributed by atoms with Gasteiger partial charge in [-0.15, -0.1) is 24.0 Å². The van der Waals surface area contributed by atoms with Crippen LogP contribution in [-0.2, 0) is 10.2 Å². The lowest BCUT2D eigenvalue weighted by atomic mass is 9.79. The van der Waals surface area contributed by atoms with Crippen LogP contribution in [0, 0.1) is 0 Å². The van der Waals surface area contributed by atoms with Crippen LogP contribution in [0.25, 0.3) is 0 Å². The van der Waals surface area contributed by atoms with Crippen molar-refractivity contribution >= 4 is 35.8 Å². The fourth-order valence-corrected chi connectivity index (χ4v) is 3.64. The first kappa shape index (κ1) is 23.7. The van der Waals surface area contributed by atoms with Crippen LogP contribution >= 0.6 is 24.0 Å². The second-order valence-corrected chi connectivity index (χ2v) is 7.45. The minimum absolute atomic E-state index is 0. The minimum atomic E-state index is 0. The maximum Gasteiger partial charge on any atom is 0.221 e. The zero-order valence-electron chi connectivity index (χ0n) is 16.9. The molecule has 2 rings (SSSR count). The van der Waals surface area contributed by atoms with Gasteiger partial charge in [0.1, 0.15) is 0 Å². The van der Waals surface area contributed by atoms with E-state index in [0.29, 0.717) is 13.0 Å². The molecule has 0 unspecified atom stereocenters. The lowest BCUT2D eigenvalue weighted by Crippen LogP contribution is -2.41. The van der Waals surface area contributed by atoms with Crippen molar-refractivity contribution in [3.05, 3.63) is 35.9 Å². The first-order valence-electron chi connectivity index (χ1n) is 9.93. The number of benzene rings is 1. The number of hydrogen-bond donors (Lipinski definition) is 3. The zero-order valence-corrected chi connectivity index (χ0v) is 19.2. The van der Waals surface area contributed by atoms with Gasteiger partial charge in [-0.3, -0.25) is 9.79 Å². The number of amides is 1. The van der Waals surface area contributed by atoms with Gasteiger partial charge in [0.15, 0.2) is 5.96 Å². The van der Waals surface area contributed by atoms with Crippen LogP contribution in [-0.4, -0.2) is 37.5 Å². The van der Waals surface area contributed by atoms with E-state index in [9.17, 15) is 4.79 Å². The smallest absolute Gasteiger partial charge is 0.221 e. The second-order valence-electron chi connectivity index (χ2n) is 7.45. The molecular weight excluding hydrogens is 451 g/mol. The molecule has 0 spiro atoms. The number of nitrogens with one attached hydrogen (secondary N) is 3. The Kier molecular flexibility index (Phi) is 10.7. The van der Waals surface area contributed by atoms with E-state index in [1.54, 1.807) is 0 Å². The molecule has 3 N–H and O–H groups in total. The molecule has 0 bridgehead atoms. The number of guanidine groups is 1. The monoisotopic (exact) mass is 486 g/mol. The first-order chi connectivity index (χ1) is 12.6. The summed E-state index contributed by atoms with van der Waals surface area (Å²) < 4.78 is 0. The average Bonchev–Trinajstić information content (AvgIpc) is 3.10. The van der Waals surface area contributed by atoms with Crippen LogP contribution in [0.3, 0.4) is 0 Å². The molecule has 0 atom stereocenters. The summed E-state index contributed by atoms with van der Waals surface area (Å²) in [4.78, 5) is 16.6. The fourth-order valence-electron chi connectivity index (χ4n) is 3.64. The normalized spacial score (nSPS) is 15.9. The molecule has 1 aliphatic carbocycles. The molecule has 1 amide bonds. The van der Waals surface area contributed by atoms with Gasteiger partial charge in [0.05, 0.1) is 6.54 Å². The van der Waals surface area contributed by atoms with Crippen LogP contribution in [0.2, 0.25) is 0 Å². The Hall–Kier alpha value is -1.31. The topological polar surface area (TPSA) is 65.5 Å². The van der Waals surface area contributed by atoms with Gasteiger partial charge in [0, 0.05) is 31.0 Å². The Morgan fingerprint density at radius 1 is 1.15 bits per heavy atom. The summed E-state index contributed by atoms with van der Waals surface area (Å²) in [5.74, 6) is 0.868. The molecule has 1 fully saturated rings. The fraction of sp³-hybridized carbons (Fsp3) is 0.619. The Bertz CT molecular complexity index is 583. The Balaban J connectivity index is 0.00000364. The molecule has 1 aromatic carbocycles. The molecule has 0 aliphatic heterocycles. The van der Waals surface area contributed by atoms with Gasteiger partial charge in [0.25, 0.3) is 0 Å². The van der Waals surface area contributed by atoms with E-state index in [1.165, 1.54) is 31.2 Å². The molecule has 6 heteroatoms. The van der Waals surface area contributed by atoms with Gasteiger partial charge >= 0.3 is 0 Å². The summed E-state index contributed by atoms with van der Waals surface area (Å²) in [5.41, 5.74) is 1.55. The average molecular weight is 486 g/mol. The maximum atomic E-state index is 11.8. The van der Waals surface area contributed by atoms with Gasteiger partial charge < -0.3 is 16.0 Å². The number of halogens is 1. The summed E-state index contributed by atoms with van der Waals surface area (Å²) in [6.07, 6.45) is 5.37. The molecule has 1 aromatic rings. The number of carbonyl (C=O) groups excluding carboxylic acids is 1. The maximum absolute atomic E-state index is 11.8. The van der Waals surface area contributed by atoms with Crippen molar-refractivity contribution in [1.29, 1.82) is 0 Å². The molecule has 0 aromatic heterocycles. The number of hydrogen-bond acceptors (Lipinski definition) is 2. The quantitative estimate of drug-likeness (QED) is 0.299. The number of rotatable bonds is 8. The van der Waals surface area contributed by atoms with Crippen molar-refractivity contribution in [1.82, 2.24) is 16.0 Å². The van der Waals surface area contributed by atoms with E-state index in [0.717, 1.165) is 19.0 Å². The van der Waals surface area contributed by atoms with Crippen LogP contribution < -0.4 is 16.0 Å². The standard InChI is InChI=1S/C21H34N4O.HI/c1-4-22-20(23-15-12-19(26)25-17(2)3)24-16-21(13-8-9-14-21)18-10-6-5-7-11-18;/h5-7,10-11,17H,4,8-9,12-16H2,1-3H3,(H,25,26)(H2,22,23,24);1H. The summed E-state index contributed by atoms with van der Waals surface area (Å²) in [6.45, 7) is 8.18. The van der Waals surface area contributed by atoms with E-state index in [-0.39, 0.29) is 41.3 Å². The van der Waals surface area contributed by atoms with Gasteiger partial charge in [0.2, 0.25) is 5.91 Å². The third-order valence-electron chi connectivity index (χ3n) is 4.93. The summed E-state index contributed by atoms with van der Waals surface area (Å²) in [6, 6.07) is 11.0. The molecule has 27 heavy (non-hydrogen) atoms. The molecule has 5 nitrogen and oxygen atoms in total. The molecule has 152 valence electrons. The predicted octanol–water partition coefficient (Wildman–Crippen LogP) is 3.59. The Morgan fingerprint density at radius 2 is 1.81 bits per heavy atom. The molecule has 1 saturated carbocycles. The molecule has 0 radical (unpaired) electrons. The minimum Gasteiger partial charge on any atom is -0.357 e. The third kappa shape index (κ3) is 7.68. The first-order valence-corrected chi connectivity index (χ1v) is 9.93. The van der Waals surface area contributed by atoms with E-state index >= 15 is 0 Å². The Morgan fingerprint density at radius 3 is 2.41 bits per heavy atom. The summed E-state index contributed by atoms with van der Waals surface area (Å²) in [7, 11) is 0. The van der Waals surface area contributed by atoms with Crippen LogP contribution in [0.5, 0.6) is 0 Å². The lowest BCUT2D eigenvalue weighted by Gasteiger charge is -2.28. The largest absolute Gasteiger partial charge is 0.357 e. The van der Waals surface area contributed by atoms with Crippen molar-refractivity contribution in [2.24, 2.45) is 4.99 Å². The Labute approximate surface area is 181 Å². The second kappa shape index (κ2) is 12.2. The number of aliphatic imine (C=N–C) groups is 1. The number of carbonyl (C=O) groups is 1. The van der Waals surface area contributed by atoms with Gasteiger partial charge in [-0.25, -0.2) is 0 Å². The lowest BCUT2D eigenvalue weighted by molar-refractivity contribution is -0.121. The van der Waals surface area contributed by atoms with E-state index in [2.05, 4.69) is 53.2 Å². The highest BCUT2D eigenvalue weighted by Gasteiger charge is 2.35. The van der Waals surface area contributed by atoms with Crippen molar-refractivity contribution in [3.8, 4) is 0 Å². The van der Waals surface area contributed by atoms with Gasteiger partial charge in [-0.1, -0.05) is 43.2 Å². The van der Waals surface area contributed by atoms with E-state index < -0.39 is 0 Å². The van der Waals surface area contributed by atoms with Crippen molar-refractivity contribution in [2.75, 3.05) is 19.6 Å². The highest BCUT2D eigenvalue weighted by atomic mass is 127. The van der Waals surface area contributed by atoms with Crippen LogP contribution in [0.4, 0.5) is 0 Å². The highest BCUT2D eigenvalue weighted by Crippen LogP contribution is 2.41. The SMILES string of the molecule is CCNC(=NCC1(c2ccccc2)CCCC1)NCCC(=O)NC(C)C.I. The molecule has 0 saturated heterocycles. The molecule has 0 heterocycles. The van der Waals surface area contributed by atoms with Crippen LogP contribution in [0.15, 0.2) is 35.3 Å². The van der Waals surface area contributed by atoms with E-state index in [1.807, 2.05) is 13.8 Å². The molecule has 1 aliphatic rings. The third-order valence-corrected chi connectivity index (χ3v) is 4.93. The van der Waals surface area contributed by atoms with Gasteiger partial charge in [-0.05, 0) is 39.2 Å². The van der Waals surface area contributed by atoms with Crippen molar-refractivity contribution in [2.45, 2.75) is 64.3 Å². The van der Waals surface area contributed by atoms with Crippen LogP contribution in [0.1, 0.15) is 58.4 Å². The highest BCUT2D eigenvalue weighted by molar-refractivity contribution is 14.0. The number of nitrogens with zero attached hydrogens (tertiary/aromatic N) is 1. The van der Waals surface area contributed by atoms with E-state index in [4.69, 9.17) is 4.99 Å². The zero-order chi connectivity index (χ0) is 18.8. The van der Waals surface area contributed by atoms with Gasteiger partial charge in [-0.2, -0.15) is 0 Å².